The zero-order valence-corrected chi connectivity index (χ0v) is 8.03. The maximum atomic E-state index is 11.5. The first kappa shape index (κ1) is 8.79. The minimum absolute atomic E-state index is 0.0266. The molecule has 2 rings (SSSR count). The number of ether oxygens (including phenoxy) is 1. The molecule has 72 valence electrons. The first-order valence-corrected chi connectivity index (χ1v) is 5.16. The van der Waals surface area contributed by atoms with Crippen molar-refractivity contribution in [3.05, 3.63) is 12.2 Å². The van der Waals surface area contributed by atoms with E-state index in [4.69, 9.17) is 4.74 Å². The van der Waals surface area contributed by atoms with E-state index in [0.717, 1.165) is 12.8 Å². The van der Waals surface area contributed by atoms with Crippen molar-refractivity contribution < 1.29 is 9.53 Å². The highest BCUT2D eigenvalue weighted by Crippen LogP contribution is 2.43. The van der Waals surface area contributed by atoms with E-state index in [9.17, 15) is 4.79 Å². The molecule has 2 aliphatic carbocycles. The largest absolute Gasteiger partial charge is 0.465 e. The third-order valence-corrected chi connectivity index (χ3v) is 3.03. The highest BCUT2D eigenvalue weighted by molar-refractivity contribution is 5.74. The van der Waals surface area contributed by atoms with Crippen LogP contribution in [0.25, 0.3) is 0 Å². The lowest BCUT2D eigenvalue weighted by atomic mass is 9.94. The molecule has 2 bridgehead atoms. The van der Waals surface area contributed by atoms with Gasteiger partial charge in [0.25, 0.3) is 0 Å². The van der Waals surface area contributed by atoms with Crippen LogP contribution >= 0.6 is 0 Å². The van der Waals surface area contributed by atoms with Gasteiger partial charge in [0.1, 0.15) is 0 Å². The summed E-state index contributed by atoms with van der Waals surface area (Å²) in [6, 6.07) is 0. The molecular weight excluding hydrogens is 164 g/mol. The lowest BCUT2D eigenvalue weighted by molar-refractivity contribution is -0.149. The summed E-state index contributed by atoms with van der Waals surface area (Å²) in [4.78, 5) is 11.5. The molecule has 0 unspecified atom stereocenters. The SMILES string of the molecule is CCCOC(=O)[C@H]1C[C@H]2C=C[C@@H]1C2. The van der Waals surface area contributed by atoms with Gasteiger partial charge >= 0.3 is 5.97 Å². The highest BCUT2D eigenvalue weighted by Gasteiger charge is 2.40. The van der Waals surface area contributed by atoms with Crippen molar-refractivity contribution in [2.45, 2.75) is 26.2 Å². The summed E-state index contributed by atoms with van der Waals surface area (Å²) in [5, 5.41) is 0. The molecule has 2 aliphatic rings. The van der Waals surface area contributed by atoms with Crippen molar-refractivity contribution >= 4 is 5.97 Å². The molecule has 3 atom stereocenters. The van der Waals surface area contributed by atoms with Crippen molar-refractivity contribution in [2.75, 3.05) is 6.61 Å². The Morgan fingerprint density at radius 3 is 2.85 bits per heavy atom. The quantitative estimate of drug-likeness (QED) is 0.491. The van der Waals surface area contributed by atoms with Crippen LogP contribution in [0.3, 0.4) is 0 Å². The van der Waals surface area contributed by atoms with E-state index in [2.05, 4.69) is 12.2 Å². The molecular formula is C11H16O2. The highest BCUT2D eigenvalue weighted by atomic mass is 16.5. The van der Waals surface area contributed by atoms with Crippen LogP contribution < -0.4 is 0 Å². The van der Waals surface area contributed by atoms with Crippen molar-refractivity contribution in [3.8, 4) is 0 Å². The van der Waals surface area contributed by atoms with Crippen LogP contribution in [-0.4, -0.2) is 12.6 Å². The smallest absolute Gasteiger partial charge is 0.309 e. The number of hydrogen-bond donors (Lipinski definition) is 0. The van der Waals surface area contributed by atoms with Gasteiger partial charge in [-0.25, -0.2) is 0 Å². The fourth-order valence-electron chi connectivity index (χ4n) is 2.36. The predicted molar refractivity (Wildman–Crippen MR) is 50.1 cm³/mol. The number of allylic oxidation sites excluding steroid dienone is 2. The second-order valence-electron chi connectivity index (χ2n) is 4.05. The molecule has 1 fully saturated rings. The topological polar surface area (TPSA) is 26.3 Å². The Kier molecular flexibility index (Phi) is 2.38. The number of carbonyl (C=O) groups is 1. The summed E-state index contributed by atoms with van der Waals surface area (Å²) < 4.78 is 5.15. The lowest BCUT2D eigenvalue weighted by Gasteiger charge is -2.16. The van der Waals surface area contributed by atoms with Crippen molar-refractivity contribution in [1.82, 2.24) is 0 Å². The monoisotopic (exact) mass is 180 g/mol. The van der Waals surface area contributed by atoms with Gasteiger partial charge in [-0.2, -0.15) is 0 Å². The molecule has 0 saturated heterocycles. The van der Waals surface area contributed by atoms with Crippen molar-refractivity contribution in [1.29, 1.82) is 0 Å². The maximum Gasteiger partial charge on any atom is 0.309 e. The Morgan fingerprint density at radius 2 is 2.31 bits per heavy atom. The standard InChI is InChI=1S/C11H16O2/c1-2-5-13-11(12)10-7-8-3-4-9(10)6-8/h3-4,8-10H,2,5-7H2,1H3/t8-,9+,10-/m0/s1. The Hall–Kier alpha value is -0.790. The van der Waals surface area contributed by atoms with E-state index >= 15 is 0 Å². The van der Waals surface area contributed by atoms with Gasteiger partial charge in [-0.3, -0.25) is 4.79 Å². The summed E-state index contributed by atoms with van der Waals surface area (Å²) in [5.41, 5.74) is 0. The molecule has 0 aliphatic heterocycles. The van der Waals surface area contributed by atoms with E-state index in [1.165, 1.54) is 6.42 Å². The van der Waals surface area contributed by atoms with E-state index in [-0.39, 0.29) is 11.9 Å². The van der Waals surface area contributed by atoms with Crippen molar-refractivity contribution in [3.63, 3.8) is 0 Å². The van der Waals surface area contributed by atoms with E-state index in [0.29, 0.717) is 18.4 Å². The van der Waals surface area contributed by atoms with Crippen LogP contribution in [0.15, 0.2) is 12.2 Å². The van der Waals surface area contributed by atoms with Gasteiger partial charge in [0.05, 0.1) is 12.5 Å². The third kappa shape index (κ3) is 1.62. The lowest BCUT2D eigenvalue weighted by Crippen LogP contribution is -2.21. The van der Waals surface area contributed by atoms with E-state index < -0.39 is 0 Å². The number of rotatable bonds is 3. The van der Waals surface area contributed by atoms with Crippen molar-refractivity contribution in [2.24, 2.45) is 17.8 Å². The van der Waals surface area contributed by atoms with Gasteiger partial charge in [0, 0.05) is 0 Å². The Balaban J connectivity index is 1.88. The molecule has 13 heavy (non-hydrogen) atoms. The van der Waals surface area contributed by atoms with Crippen LogP contribution in [0.1, 0.15) is 26.2 Å². The fraction of sp³-hybridized carbons (Fsp3) is 0.727. The van der Waals surface area contributed by atoms with Crippen LogP contribution in [0.5, 0.6) is 0 Å². The zero-order chi connectivity index (χ0) is 9.26. The molecule has 0 aromatic carbocycles. The number of esters is 1. The summed E-state index contributed by atoms with van der Waals surface area (Å²) in [5.74, 6) is 1.33. The molecule has 0 radical (unpaired) electrons. The number of carbonyl (C=O) groups excluding carboxylic acids is 1. The molecule has 2 nitrogen and oxygen atoms in total. The third-order valence-electron chi connectivity index (χ3n) is 3.03. The molecule has 0 aromatic rings. The number of hydrogen-bond acceptors (Lipinski definition) is 2. The van der Waals surface area contributed by atoms with Gasteiger partial charge in [0.2, 0.25) is 0 Å². The zero-order valence-electron chi connectivity index (χ0n) is 8.03. The molecule has 0 amide bonds. The van der Waals surface area contributed by atoms with Gasteiger partial charge < -0.3 is 4.74 Å². The average molecular weight is 180 g/mol. The fourth-order valence-corrected chi connectivity index (χ4v) is 2.36. The molecule has 0 aromatic heterocycles. The Morgan fingerprint density at radius 1 is 1.46 bits per heavy atom. The molecule has 0 N–H and O–H groups in total. The summed E-state index contributed by atoms with van der Waals surface area (Å²) >= 11 is 0. The normalized spacial score (nSPS) is 35.3. The van der Waals surface area contributed by atoms with Crippen LogP contribution in [0.4, 0.5) is 0 Å². The van der Waals surface area contributed by atoms with Gasteiger partial charge in [0.15, 0.2) is 0 Å². The van der Waals surface area contributed by atoms with Gasteiger partial charge in [-0.1, -0.05) is 19.1 Å². The molecule has 0 spiro atoms. The van der Waals surface area contributed by atoms with Crippen LogP contribution in [0, 0.1) is 17.8 Å². The van der Waals surface area contributed by atoms with Crippen LogP contribution in [0.2, 0.25) is 0 Å². The maximum absolute atomic E-state index is 11.5. The predicted octanol–water partition coefficient (Wildman–Crippen LogP) is 2.15. The van der Waals surface area contributed by atoms with Gasteiger partial charge in [-0.15, -0.1) is 0 Å². The number of fused-ring (bicyclic) bond motifs is 2. The summed E-state index contributed by atoms with van der Waals surface area (Å²) in [6.07, 6.45) is 7.54. The Bertz CT molecular complexity index is 232. The Labute approximate surface area is 79.0 Å². The van der Waals surface area contributed by atoms with Crippen LogP contribution in [-0.2, 0) is 9.53 Å². The van der Waals surface area contributed by atoms with E-state index in [1.54, 1.807) is 0 Å². The molecule has 1 saturated carbocycles. The van der Waals surface area contributed by atoms with E-state index in [1.807, 2.05) is 6.92 Å². The first-order chi connectivity index (χ1) is 6.31. The molecule has 0 heterocycles. The average Bonchev–Trinajstić information content (AvgIpc) is 2.74. The first-order valence-electron chi connectivity index (χ1n) is 5.16. The summed E-state index contributed by atoms with van der Waals surface area (Å²) in [6.45, 7) is 2.60. The second kappa shape index (κ2) is 3.52. The second-order valence-corrected chi connectivity index (χ2v) is 4.05. The minimum atomic E-state index is 0.0266. The summed E-state index contributed by atoms with van der Waals surface area (Å²) in [7, 11) is 0. The molecule has 2 heteroatoms. The minimum Gasteiger partial charge on any atom is -0.465 e. The van der Waals surface area contributed by atoms with Gasteiger partial charge in [-0.05, 0) is 31.1 Å².